The molecule has 0 bridgehead atoms. The summed E-state index contributed by atoms with van der Waals surface area (Å²) in [6, 6.07) is 12.1. The van der Waals surface area contributed by atoms with Gasteiger partial charge in [0.1, 0.15) is 5.58 Å². The van der Waals surface area contributed by atoms with Crippen LogP contribution in [0.1, 0.15) is 10.6 Å². The van der Waals surface area contributed by atoms with E-state index in [2.05, 4.69) is 5.32 Å². The number of para-hydroxylation sites is 1. The van der Waals surface area contributed by atoms with E-state index in [0.717, 1.165) is 6.07 Å². The van der Waals surface area contributed by atoms with Crippen molar-refractivity contribution in [3.8, 4) is 0 Å². The number of rotatable bonds is 4. The van der Waals surface area contributed by atoms with Gasteiger partial charge in [-0.25, -0.2) is 4.79 Å². The molecule has 3 rings (SSSR count). The van der Waals surface area contributed by atoms with Gasteiger partial charge in [-0.1, -0.05) is 35.3 Å². The maximum Gasteiger partial charge on any atom is 0.374 e. The maximum absolute atomic E-state index is 12.0. The van der Waals surface area contributed by atoms with Crippen LogP contribution in [0, 0.1) is 0 Å². The molecule has 132 valence electrons. The fourth-order valence-electron chi connectivity index (χ4n) is 2.18. The molecule has 0 aliphatic heterocycles. The van der Waals surface area contributed by atoms with Gasteiger partial charge in [0.2, 0.25) is 5.76 Å². The molecule has 1 heterocycles. The van der Waals surface area contributed by atoms with Crippen molar-refractivity contribution in [3.63, 3.8) is 0 Å². The molecule has 26 heavy (non-hydrogen) atoms. The van der Waals surface area contributed by atoms with E-state index >= 15 is 0 Å². The van der Waals surface area contributed by atoms with E-state index in [4.69, 9.17) is 32.4 Å². The Kier molecular flexibility index (Phi) is 5.25. The number of hydrogen-bond donors (Lipinski definition) is 1. The van der Waals surface area contributed by atoms with Crippen LogP contribution in [0.5, 0.6) is 0 Å². The summed E-state index contributed by atoms with van der Waals surface area (Å²) in [4.78, 5) is 35.9. The van der Waals surface area contributed by atoms with Crippen LogP contribution in [0.3, 0.4) is 0 Å². The first-order valence-corrected chi connectivity index (χ1v) is 8.14. The molecule has 0 radical (unpaired) electrons. The Morgan fingerprint density at radius 3 is 2.62 bits per heavy atom. The van der Waals surface area contributed by atoms with E-state index in [1.54, 1.807) is 30.3 Å². The van der Waals surface area contributed by atoms with Crippen LogP contribution in [0.2, 0.25) is 10.0 Å². The molecule has 0 spiro atoms. The first kappa shape index (κ1) is 18.0. The molecule has 0 saturated carbocycles. The highest BCUT2D eigenvalue weighted by atomic mass is 35.5. The van der Waals surface area contributed by atoms with Crippen LogP contribution in [-0.2, 0) is 9.53 Å². The van der Waals surface area contributed by atoms with Gasteiger partial charge in [0, 0.05) is 11.1 Å². The first-order chi connectivity index (χ1) is 12.4. The molecular weight excluding hydrogens is 381 g/mol. The summed E-state index contributed by atoms with van der Waals surface area (Å²) in [5, 5.41) is 3.50. The van der Waals surface area contributed by atoms with Gasteiger partial charge in [-0.2, -0.15) is 0 Å². The van der Waals surface area contributed by atoms with Crippen molar-refractivity contribution in [2.24, 2.45) is 0 Å². The van der Waals surface area contributed by atoms with E-state index < -0.39 is 18.5 Å². The third-order valence-electron chi connectivity index (χ3n) is 3.38. The Labute approximate surface area is 157 Å². The number of carbonyl (C=O) groups excluding carboxylic acids is 2. The van der Waals surface area contributed by atoms with Crippen LogP contribution in [-0.4, -0.2) is 18.5 Å². The number of benzene rings is 2. The zero-order chi connectivity index (χ0) is 18.7. The Hall–Kier alpha value is -2.83. The standard InChI is InChI=1S/C18H11Cl2NO5/c19-10-5-6-13(12(20)7-10)21-17(23)9-25-18(24)16-8-14(22)11-3-1-2-4-15(11)26-16/h1-8H,9H2,(H,21,23). The van der Waals surface area contributed by atoms with Gasteiger partial charge in [0.05, 0.1) is 16.1 Å². The quantitative estimate of drug-likeness (QED) is 0.681. The smallest absolute Gasteiger partial charge is 0.374 e. The first-order valence-electron chi connectivity index (χ1n) is 7.39. The SMILES string of the molecule is O=C(COC(=O)c1cc(=O)c2ccccc2o1)Nc1ccc(Cl)cc1Cl. The lowest BCUT2D eigenvalue weighted by molar-refractivity contribution is -0.119. The van der Waals surface area contributed by atoms with Gasteiger partial charge in [-0.3, -0.25) is 9.59 Å². The minimum atomic E-state index is -0.926. The summed E-state index contributed by atoms with van der Waals surface area (Å²) in [6.07, 6.45) is 0. The molecule has 1 amide bonds. The second-order valence-electron chi connectivity index (χ2n) is 5.22. The Balaban J connectivity index is 1.67. The largest absolute Gasteiger partial charge is 0.450 e. The molecule has 0 fully saturated rings. The molecule has 6 nitrogen and oxygen atoms in total. The highest BCUT2D eigenvalue weighted by Crippen LogP contribution is 2.25. The molecule has 8 heteroatoms. The summed E-state index contributed by atoms with van der Waals surface area (Å²) in [5.41, 5.74) is 0.204. The molecule has 3 aromatic rings. The lowest BCUT2D eigenvalue weighted by Gasteiger charge is -2.08. The van der Waals surface area contributed by atoms with Crippen molar-refractivity contribution in [2.75, 3.05) is 11.9 Å². The zero-order valence-electron chi connectivity index (χ0n) is 13.1. The number of fused-ring (bicyclic) bond motifs is 1. The number of nitrogens with one attached hydrogen (secondary N) is 1. The van der Waals surface area contributed by atoms with Crippen LogP contribution in [0.25, 0.3) is 11.0 Å². The summed E-state index contributed by atoms with van der Waals surface area (Å²) >= 11 is 11.7. The van der Waals surface area contributed by atoms with E-state index in [0.29, 0.717) is 16.1 Å². The van der Waals surface area contributed by atoms with E-state index in [1.165, 1.54) is 12.1 Å². The molecule has 0 atom stereocenters. The second kappa shape index (κ2) is 7.59. The summed E-state index contributed by atoms with van der Waals surface area (Å²) in [7, 11) is 0. The van der Waals surface area contributed by atoms with Gasteiger partial charge in [0.25, 0.3) is 5.91 Å². The third-order valence-corrected chi connectivity index (χ3v) is 3.92. The average molecular weight is 392 g/mol. The predicted octanol–water partition coefficient (Wildman–Crippen LogP) is 3.90. The molecule has 2 aromatic carbocycles. The molecule has 0 aliphatic carbocycles. The Morgan fingerprint density at radius 2 is 1.85 bits per heavy atom. The zero-order valence-corrected chi connectivity index (χ0v) is 14.6. The molecule has 1 N–H and O–H groups in total. The van der Waals surface area contributed by atoms with Crippen molar-refractivity contribution in [3.05, 3.63) is 74.6 Å². The average Bonchev–Trinajstić information content (AvgIpc) is 2.62. The van der Waals surface area contributed by atoms with Gasteiger partial charge in [-0.05, 0) is 30.3 Å². The summed E-state index contributed by atoms with van der Waals surface area (Å²) in [5.74, 6) is -1.82. The third kappa shape index (κ3) is 4.04. The van der Waals surface area contributed by atoms with E-state index in [-0.39, 0.29) is 21.8 Å². The van der Waals surface area contributed by atoms with Crippen LogP contribution in [0.15, 0.2) is 57.7 Å². The second-order valence-corrected chi connectivity index (χ2v) is 6.06. The normalized spacial score (nSPS) is 10.5. The lowest BCUT2D eigenvalue weighted by atomic mass is 10.2. The fraction of sp³-hybridized carbons (Fsp3) is 0.0556. The van der Waals surface area contributed by atoms with Crippen molar-refractivity contribution in [1.82, 2.24) is 0 Å². The number of carbonyl (C=O) groups is 2. The van der Waals surface area contributed by atoms with Crippen LogP contribution < -0.4 is 10.7 Å². The molecule has 0 unspecified atom stereocenters. The number of ether oxygens (including phenoxy) is 1. The number of anilines is 1. The Morgan fingerprint density at radius 1 is 1.08 bits per heavy atom. The summed E-state index contributed by atoms with van der Waals surface area (Å²) < 4.78 is 10.2. The minimum absolute atomic E-state index is 0.248. The summed E-state index contributed by atoms with van der Waals surface area (Å²) in [6.45, 7) is -0.575. The fourth-order valence-corrected chi connectivity index (χ4v) is 2.64. The van der Waals surface area contributed by atoms with Gasteiger partial charge < -0.3 is 14.5 Å². The monoisotopic (exact) mass is 391 g/mol. The highest BCUT2D eigenvalue weighted by molar-refractivity contribution is 6.36. The van der Waals surface area contributed by atoms with Crippen molar-refractivity contribution in [1.29, 1.82) is 0 Å². The molecule has 0 saturated heterocycles. The number of hydrogen-bond acceptors (Lipinski definition) is 5. The van der Waals surface area contributed by atoms with Crippen LogP contribution >= 0.6 is 23.2 Å². The predicted molar refractivity (Wildman–Crippen MR) is 97.9 cm³/mol. The van der Waals surface area contributed by atoms with E-state index in [9.17, 15) is 14.4 Å². The number of amides is 1. The van der Waals surface area contributed by atoms with Gasteiger partial charge in [-0.15, -0.1) is 0 Å². The van der Waals surface area contributed by atoms with Crippen LogP contribution in [0.4, 0.5) is 5.69 Å². The maximum atomic E-state index is 12.0. The lowest BCUT2D eigenvalue weighted by Crippen LogP contribution is -2.21. The molecule has 0 aliphatic rings. The minimum Gasteiger partial charge on any atom is -0.450 e. The van der Waals surface area contributed by atoms with E-state index in [1.807, 2.05) is 0 Å². The number of halogens is 2. The Bertz CT molecular complexity index is 1060. The van der Waals surface area contributed by atoms with Gasteiger partial charge in [0.15, 0.2) is 12.0 Å². The molecule has 1 aromatic heterocycles. The van der Waals surface area contributed by atoms with Crippen molar-refractivity contribution in [2.45, 2.75) is 0 Å². The topological polar surface area (TPSA) is 85.6 Å². The van der Waals surface area contributed by atoms with Crippen molar-refractivity contribution < 1.29 is 18.7 Å². The highest BCUT2D eigenvalue weighted by Gasteiger charge is 2.16. The molecular formula is C18H11Cl2NO5. The van der Waals surface area contributed by atoms with Gasteiger partial charge >= 0.3 is 5.97 Å². The number of esters is 1. The van der Waals surface area contributed by atoms with Crippen molar-refractivity contribution >= 4 is 51.7 Å².